The molecule has 2 heterocycles. The van der Waals surface area contributed by atoms with Crippen LogP contribution in [0, 0.1) is 6.92 Å². The summed E-state index contributed by atoms with van der Waals surface area (Å²) < 4.78 is 7.33. The number of aryl methyl sites for hydroxylation is 3. The number of hydrogen-bond acceptors (Lipinski definition) is 3. The molecular weight excluding hydrogens is 276 g/mol. The fourth-order valence-corrected chi connectivity index (χ4v) is 3.02. The molecular formula is C15H17ClN2O2. The van der Waals surface area contributed by atoms with E-state index in [1.54, 1.807) is 11.7 Å². The minimum absolute atomic E-state index is 0.461. The molecule has 0 amide bonds. The Hall–Kier alpha value is -1.52. The highest BCUT2D eigenvalue weighted by molar-refractivity contribution is 6.30. The van der Waals surface area contributed by atoms with Crippen LogP contribution in [0.4, 0.5) is 0 Å². The van der Waals surface area contributed by atoms with Gasteiger partial charge < -0.3 is 9.84 Å². The number of aliphatic hydroxyl groups is 1. The molecule has 1 aromatic carbocycles. The van der Waals surface area contributed by atoms with E-state index in [0.29, 0.717) is 17.3 Å². The number of benzene rings is 1. The van der Waals surface area contributed by atoms with Crippen LogP contribution in [-0.4, -0.2) is 21.5 Å². The molecule has 1 unspecified atom stereocenters. The van der Waals surface area contributed by atoms with Gasteiger partial charge in [0.1, 0.15) is 17.0 Å². The van der Waals surface area contributed by atoms with Crippen molar-refractivity contribution >= 4 is 11.6 Å². The van der Waals surface area contributed by atoms with E-state index in [4.69, 9.17) is 16.3 Å². The second-order valence-electron chi connectivity index (χ2n) is 5.10. The number of halogens is 1. The average molecular weight is 293 g/mol. The fraction of sp³-hybridized carbons (Fsp3) is 0.400. The zero-order valence-corrected chi connectivity index (χ0v) is 12.3. The van der Waals surface area contributed by atoms with Crippen molar-refractivity contribution in [3.8, 4) is 5.75 Å². The molecule has 5 heteroatoms. The van der Waals surface area contributed by atoms with Crippen LogP contribution in [0.15, 0.2) is 18.2 Å². The Kier molecular flexibility index (Phi) is 3.44. The van der Waals surface area contributed by atoms with Gasteiger partial charge in [0.05, 0.1) is 12.3 Å². The normalized spacial score (nSPS) is 15.6. The minimum Gasteiger partial charge on any atom is -0.493 e. The summed E-state index contributed by atoms with van der Waals surface area (Å²) >= 11 is 6.24. The Labute approximate surface area is 122 Å². The topological polar surface area (TPSA) is 47.3 Å². The molecule has 1 N–H and O–H groups in total. The number of fused-ring (bicyclic) bond motifs is 1. The monoisotopic (exact) mass is 292 g/mol. The van der Waals surface area contributed by atoms with Gasteiger partial charge in [-0.3, -0.25) is 4.68 Å². The number of aliphatic hydroxyl groups excluding tert-OH is 1. The molecule has 1 aromatic heterocycles. The summed E-state index contributed by atoms with van der Waals surface area (Å²) in [6, 6.07) is 5.88. The molecule has 0 spiro atoms. The zero-order chi connectivity index (χ0) is 14.3. The van der Waals surface area contributed by atoms with E-state index in [1.165, 1.54) is 0 Å². The largest absolute Gasteiger partial charge is 0.493 e. The zero-order valence-electron chi connectivity index (χ0n) is 11.6. The third-order valence-corrected chi connectivity index (χ3v) is 4.18. The van der Waals surface area contributed by atoms with Crippen LogP contribution in [0.2, 0.25) is 5.15 Å². The molecule has 4 nitrogen and oxygen atoms in total. The Morgan fingerprint density at radius 1 is 1.45 bits per heavy atom. The van der Waals surface area contributed by atoms with Crippen molar-refractivity contribution in [1.29, 1.82) is 0 Å². The highest BCUT2D eigenvalue weighted by Gasteiger charge is 2.25. The summed E-state index contributed by atoms with van der Waals surface area (Å²) in [6.45, 7) is 2.54. The molecule has 0 saturated carbocycles. The third kappa shape index (κ3) is 2.09. The Bertz CT molecular complexity index is 652. The van der Waals surface area contributed by atoms with Gasteiger partial charge in [-0.1, -0.05) is 29.8 Å². The van der Waals surface area contributed by atoms with Crippen molar-refractivity contribution in [1.82, 2.24) is 9.78 Å². The molecule has 1 aliphatic rings. The highest BCUT2D eigenvalue weighted by Crippen LogP contribution is 2.38. The summed E-state index contributed by atoms with van der Waals surface area (Å²) in [6.07, 6.45) is 1.18. The van der Waals surface area contributed by atoms with E-state index in [9.17, 15) is 5.11 Å². The standard InChI is InChI=1S/C15H17ClN2O2/c1-9-12(15(16)18(2)17-9)13(19)11-7-3-5-10-6-4-8-20-14(10)11/h3,5,7,13,19H,4,6,8H2,1-2H3. The second-order valence-corrected chi connectivity index (χ2v) is 5.46. The Morgan fingerprint density at radius 2 is 2.25 bits per heavy atom. The van der Waals surface area contributed by atoms with Gasteiger partial charge in [-0.2, -0.15) is 5.10 Å². The maximum absolute atomic E-state index is 10.7. The number of aromatic nitrogens is 2. The van der Waals surface area contributed by atoms with Gasteiger partial charge in [-0.25, -0.2) is 0 Å². The molecule has 3 rings (SSSR count). The molecule has 20 heavy (non-hydrogen) atoms. The first-order valence-electron chi connectivity index (χ1n) is 6.71. The van der Waals surface area contributed by atoms with E-state index < -0.39 is 6.10 Å². The van der Waals surface area contributed by atoms with E-state index in [0.717, 1.165) is 35.4 Å². The van der Waals surface area contributed by atoms with Crippen LogP contribution in [0.1, 0.15) is 34.9 Å². The molecule has 1 aliphatic heterocycles. The predicted octanol–water partition coefficient (Wildman–Crippen LogP) is 2.79. The molecule has 0 bridgehead atoms. The van der Waals surface area contributed by atoms with Crippen LogP contribution in [0.5, 0.6) is 5.75 Å². The van der Waals surface area contributed by atoms with Crippen molar-refractivity contribution < 1.29 is 9.84 Å². The number of nitrogens with zero attached hydrogens (tertiary/aromatic N) is 2. The lowest BCUT2D eigenvalue weighted by Crippen LogP contribution is -2.13. The minimum atomic E-state index is -0.816. The van der Waals surface area contributed by atoms with Crippen LogP contribution in [0.25, 0.3) is 0 Å². The van der Waals surface area contributed by atoms with E-state index in [2.05, 4.69) is 5.10 Å². The van der Waals surface area contributed by atoms with Gasteiger partial charge in [0.2, 0.25) is 0 Å². The summed E-state index contributed by atoms with van der Waals surface area (Å²) in [5.74, 6) is 0.797. The first-order chi connectivity index (χ1) is 9.59. The summed E-state index contributed by atoms with van der Waals surface area (Å²) in [5, 5.41) is 15.4. The molecule has 2 aromatic rings. The van der Waals surface area contributed by atoms with Gasteiger partial charge in [0.15, 0.2) is 0 Å². The highest BCUT2D eigenvalue weighted by atomic mass is 35.5. The van der Waals surface area contributed by atoms with Crippen LogP contribution in [-0.2, 0) is 13.5 Å². The lowest BCUT2D eigenvalue weighted by molar-refractivity contribution is 0.206. The van der Waals surface area contributed by atoms with Crippen LogP contribution >= 0.6 is 11.6 Å². The lowest BCUT2D eigenvalue weighted by atomic mass is 9.96. The average Bonchev–Trinajstić information content (AvgIpc) is 2.71. The van der Waals surface area contributed by atoms with Crippen molar-refractivity contribution in [2.75, 3.05) is 6.61 Å². The first-order valence-corrected chi connectivity index (χ1v) is 7.09. The summed E-state index contributed by atoms with van der Waals surface area (Å²) in [4.78, 5) is 0. The van der Waals surface area contributed by atoms with Gasteiger partial charge in [0, 0.05) is 18.2 Å². The molecule has 0 radical (unpaired) electrons. The van der Waals surface area contributed by atoms with Gasteiger partial charge in [-0.05, 0) is 25.3 Å². The summed E-state index contributed by atoms with van der Waals surface area (Å²) in [5.41, 5.74) is 3.29. The smallest absolute Gasteiger partial charge is 0.133 e. The van der Waals surface area contributed by atoms with Gasteiger partial charge >= 0.3 is 0 Å². The third-order valence-electron chi connectivity index (χ3n) is 3.73. The molecule has 106 valence electrons. The Morgan fingerprint density at radius 3 is 2.95 bits per heavy atom. The number of hydrogen-bond donors (Lipinski definition) is 1. The maximum atomic E-state index is 10.7. The number of para-hydroxylation sites is 1. The van der Waals surface area contributed by atoms with E-state index >= 15 is 0 Å². The van der Waals surface area contributed by atoms with Crippen LogP contribution < -0.4 is 4.74 Å². The Balaban J connectivity index is 2.09. The van der Waals surface area contributed by atoms with Crippen molar-refractivity contribution in [2.45, 2.75) is 25.9 Å². The predicted molar refractivity (Wildman–Crippen MR) is 77.3 cm³/mol. The lowest BCUT2D eigenvalue weighted by Gasteiger charge is -2.22. The first kappa shape index (κ1) is 13.5. The molecule has 0 aliphatic carbocycles. The molecule has 0 saturated heterocycles. The van der Waals surface area contributed by atoms with E-state index in [-0.39, 0.29) is 0 Å². The fourth-order valence-electron chi connectivity index (χ4n) is 2.74. The summed E-state index contributed by atoms with van der Waals surface area (Å²) in [7, 11) is 1.77. The van der Waals surface area contributed by atoms with E-state index in [1.807, 2.05) is 25.1 Å². The van der Waals surface area contributed by atoms with Crippen molar-refractivity contribution in [2.24, 2.45) is 7.05 Å². The number of rotatable bonds is 2. The van der Waals surface area contributed by atoms with Crippen molar-refractivity contribution in [3.63, 3.8) is 0 Å². The SMILES string of the molecule is Cc1nn(C)c(Cl)c1C(O)c1cccc2c1OCCC2. The van der Waals surface area contributed by atoms with Gasteiger partial charge in [0.25, 0.3) is 0 Å². The quantitative estimate of drug-likeness (QED) is 0.926. The van der Waals surface area contributed by atoms with Gasteiger partial charge in [-0.15, -0.1) is 0 Å². The molecule has 1 atom stereocenters. The van der Waals surface area contributed by atoms with Crippen molar-refractivity contribution in [3.05, 3.63) is 45.7 Å². The number of ether oxygens (including phenoxy) is 1. The maximum Gasteiger partial charge on any atom is 0.133 e. The van der Waals surface area contributed by atoms with Crippen LogP contribution in [0.3, 0.4) is 0 Å². The molecule has 0 fully saturated rings. The second kappa shape index (κ2) is 5.11.